The van der Waals surface area contributed by atoms with Crippen LogP contribution in [0.25, 0.3) is 11.3 Å². The molecule has 0 aliphatic rings. The molecule has 0 atom stereocenters. The number of aromatic nitrogens is 2. The zero-order chi connectivity index (χ0) is 24.2. The fourth-order valence-electron chi connectivity index (χ4n) is 3.40. The first-order valence-corrected chi connectivity index (χ1v) is 11.4. The van der Waals surface area contributed by atoms with Gasteiger partial charge < -0.3 is 15.6 Å². The third-order valence-corrected chi connectivity index (χ3v) is 6.05. The summed E-state index contributed by atoms with van der Waals surface area (Å²) in [4.78, 5) is 21.5. The summed E-state index contributed by atoms with van der Waals surface area (Å²) >= 11 is 7.30. The van der Waals surface area contributed by atoms with Crippen LogP contribution in [0.5, 0.6) is 11.6 Å². The molecule has 0 aliphatic carbocycles. The number of halogens is 1. The highest BCUT2D eigenvalue weighted by atomic mass is 35.5. The summed E-state index contributed by atoms with van der Waals surface area (Å²) in [7, 11) is 0. The van der Waals surface area contributed by atoms with Gasteiger partial charge in [-0.1, -0.05) is 35.9 Å². The minimum atomic E-state index is -1.14. The third-order valence-electron chi connectivity index (χ3n) is 4.95. The van der Waals surface area contributed by atoms with Crippen molar-refractivity contribution >= 4 is 41.2 Å². The lowest BCUT2D eigenvalue weighted by molar-refractivity contribution is 0.0696. The molecule has 0 bridgehead atoms. The number of nitrogen functional groups attached to an aromatic ring is 1. The van der Waals surface area contributed by atoms with Crippen LogP contribution in [-0.4, -0.2) is 21.0 Å². The number of hydrogen-bond donors (Lipinski definition) is 3. The second-order valence-electron chi connectivity index (χ2n) is 7.51. The molecule has 4 aromatic rings. The number of benzene rings is 3. The topological polar surface area (TPSA) is 110 Å². The molecule has 0 spiro atoms. The highest BCUT2D eigenvalue weighted by molar-refractivity contribution is 8.00. The summed E-state index contributed by atoms with van der Waals surface area (Å²) in [6, 6.07) is 19.6. The normalized spacial score (nSPS) is 10.7. The molecular weight excluding hydrogens is 472 g/mol. The lowest BCUT2D eigenvalue weighted by Gasteiger charge is -2.14. The number of nitrogens with zero attached hydrogens (tertiary/aromatic N) is 2. The van der Waals surface area contributed by atoms with Crippen molar-refractivity contribution < 1.29 is 14.6 Å². The van der Waals surface area contributed by atoms with E-state index in [1.807, 2.05) is 56.3 Å². The van der Waals surface area contributed by atoms with Gasteiger partial charge in [-0.25, -0.2) is 9.78 Å². The van der Waals surface area contributed by atoms with Crippen LogP contribution in [0.15, 0.2) is 71.6 Å². The van der Waals surface area contributed by atoms with Gasteiger partial charge in [0.05, 0.1) is 16.3 Å². The minimum absolute atomic E-state index is 0.0567. The van der Waals surface area contributed by atoms with Gasteiger partial charge >= 0.3 is 5.97 Å². The number of rotatable bonds is 7. The van der Waals surface area contributed by atoms with E-state index in [1.165, 1.54) is 24.1 Å². The zero-order valence-corrected chi connectivity index (χ0v) is 19.9. The lowest BCUT2D eigenvalue weighted by Crippen LogP contribution is -2.02. The number of aromatic carboxylic acids is 1. The molecule has 34 heavy (non-hydrogen) atoms. The largest absolute Gasteiger partial charge is 0.478 e. The van der Waals surface area contributed by atoms with E-state index in [0.717, 1.165) is 21.6 Å². The SMILES string of the molecule is Cc1cccc(C)c1-c1cc(Oc2ccc(Cl)c(C(=O)O)c2)nc(NSc2cccc(N)c2)n1. The number of anilines is 2. The van der Waals surface area contributed by atoms with Crippen molar-refractivity contribution in [1.82, 2.24) is 9.97 Å². The molecule has 0 radical (unpaired) electrons. The van der Waals surface area contributed by atoms with Gasteiger partial charge in [0.25, 0.3) is 0 Å². The van der Waals surface area contributed by atoms with Gasteiger partial charge in [-0.15, -0.1) is 0 Å². The zero-order valence-electron chi connectivity index (χ0n) is 18.4. The molecule has 3 aromatic carbocycles. The van der Waals surface area contributed by atoms with E-state index in [0.29, 0.717) is 23.1 Å². The Kier molecular flexibility index (Phi) is 6.90. The number of nitrogens with two attached hydrogens (primary N) is 1. The Labute approximate surface area is 206 Å². The Balaban J connectivity index is 1.72. The maximum atomic E-state index is 11.5. The first kappa shape index (κ1) is 23.4. The molecule has 7 nitrogen and oxygen atoms in total. The fourth-order valence-corrected chi connectivity index (χ4v) is 4.25. The Hall–Kier alpha value is -3.75. The predicted octanol–water partition coefficient (Wildman–Crippen LogP) is 6.61. The number of carboxylic acid groups (broad SMARTS) is 1. The molecular formula is C25H21ClN4O3S. The predicted molar refractivity (Wildman–Crippen MR) is 136 cm³/mol. The van der Waals surface area contributed by atoms with Gasteiger partial charge in [-0.2, -0.15) is 4.98 Å². The molecule has 4 N–H and O–H groups in total. The van der Waals surface area contributed by atoms with Crippen LogP contribution in [0.3, 0.4) is 0 Å². The number of carboxylic acids is 1. The molecule has 1 heterocycles. The van der Waals surface area contributed by atoms with Gasteiger partial charge in [-0.05, 0) is 73.3 Å². The fraction of sp³-hybridized carbons (Fsp3) is 0.0800. The molecule has 4 rings (SSSR count). The van der Waals surface area contributed by atoms with Crippen LogP contribution < -0.4 is 15.2 Å². The number of hydrogen-bond acceptors (Lipinski definition) is 7. The highest BCUT2D eigenvalue weighted by Crippen LogP contribution is 2.32. The Morgan fingerprint density at radius 3 is 2.47 bits per heavy atom. The van der Waals surface area contributed by atoms with Crippen LogP contribution in [0.4, 0.5) is 11.6 Å². The number of nitrogens with one attached hydrogen (secondary N) is 1. The third kappa shape index (κ3) is 5.41. The van der Waals surface area contributed by atoms with Crippen molar-refractivity contribution in [2.24, 2.45) is 0 Å². The first-order valence-electron chi connectivity index (χ1n) is 10.2. The van der Waals surface area contributed by atoms with E-state index < -0.39 is 5.97 Å². The van der Waals surface area contributed by atoms with Gasteiger partial charge in [0.2, 0.25) is 11.8 Å². The Morgan fingerprint density at radius 2 is 1.76 bits per heavy atom. The number of ether oxygens (including phenoxy) is 1. The summed E-state index contributed by atoms with van der Waals surface area (Å²) in [5.41, 5.74) is 10.2. The van der Waals surface area contributed by atoms with Crippen molar-refractivity contribution in [3.63, 3.8) is 0 Å². The monoisotopic (exact) mass is 492 g/mol. The maximum Gasteiger partial charge on any atom is 0.337 e. The summed E-state index contributed by atoms with van der Waals surface area (Å²) in [6.45, 7) is 4.02. The van der Waals surface area contributed by atoms with Crippen LogP contribution >= 0.6 is 23.5 Å². The summed E-state index contributed by atoms with van der Waals surface area (Å²) in [6.07, 6.45) is 0. The van der Waals surface area contributed by atoms with Crippen LogP contribution in [0.1, 0.15) is 21.5 Å². The van der Waals surface area contributed by atoms with Gasteiger partial charge in [-0.3, -0.25) is 4.72 Å². The highest BCUT2D eigenvalue weighted by Gasteiger charge is 2.15. The molecule has 0 fully saturated rings. The van der Waals surface area contributed by atoms with Crippen molar-refractivity contribution in [3.05, 3.63) is 88.4 Å². The molecule has 0 amide bonds. The van der Waals surface area contributed by atoms with E-state index in [2.05, 4.69) is 9.71 Å². The van der Waals surface area contributed by atoms with Crippen molar-refractivity contribution in [2.75, 3.05) is 10.5 Å². The van der Waals surface area contributed by atoms with Crippen LogP contribution in [0.2, 0.25) is 5.02 Å². The van der Waals surface area contributed by atoms with Crippen LogP contribution in [0, 0.1) is 13.8 Å². The lowest BCUT2D eigenvalue weighted by atomic mass is 10.00. The van der Waals surface area contributed by atoms with Gasteiger partial charge in [0.1, 0.15) is 5.75 Å². The van der Waals surface area contributed by atoms with E-state index in [-0.39, 0.29) is 16.5 Å². The molecule has 0 unspecified atom stereocenters. The van der Waals surface area contributed by atoms with E-state index in [9.17, 15) is 9.90 Å². The van der Waals surface area contributed by atoms with Crippen molar-refractivity contribution in [3.8, 4) is 22.9 Å². The molecule has 172 valence electrons. The average molecular weight is 493 g/mol. The van der Waals surface area contributed by atoms with Gasteiger partial charge in [0.15, 0.2) is 0 Å². The summed E-state index contributed by atoms with van der Waals surface area (Å²) in [5, 5.41) is 9.49. The molecule has 9 heteroatoms. The molecule has 1 aromatic heterocycles. The molecule has 0 saturated carbocycles. The summed E-state index contributed by atoms with van der Waals surface area (Å²) < 4.78 is 9.08. The van der Waals surface area contributed by atoms with Crippen LogP contribution in [-0.2, 0) is 0 Å². The minimum Gasteiger partial charge on any atom is -0.478 e. The first-order chi connectivity index (χ1) is 16.3. The second kappa shape index (κ2) is 10.0. The quantitative estimate of drug-likeness (QED) is 0.195. The maximum absolute atomic E-state index is 11.5. The Morgan fingerprint density at radius 1 is 1.03 bits per heavy atom. The van der Waals surface area contributed by atoms with Gasteiger partial charge in [0, 0.05) is 22.2 Å². The second-order valence-corrected chi connectivity index (χ2v) is 8.79. The number of carbonyl (C=O) groups is 1. The van der Waals surface area contributed by atoms with E-state index >= 15 is 0 Å². The van der Waals surface area contributed by atoms with E-state index in [1.54, 1.807) is 12.1 Å². The van der Waals surface area contributed by atoms with Crippen molar-refractivity contribution in [2.45, 2.75) is 18.7 Å². The number of aryl methyl sites for hydroxylation is 2. The molecule has 0 aliphatic heterocycles. The Bertz CT molecular complexity index is 1360. The average Bonchev–Trinajstić information content (AvgIpc) is 2.79. The smallest absolute Gasteiger partial charge is 0.337 e. The summed E-state index contributed by atoms with van der Waals surface area (Å²) in [5.74, 6) is -0.269. The van der Waals surface area contributed by atoms with Crippen molar-refractivity contribution in [1.29, 1.82) is 0 Å². The molecule has 0 saturated heterocycles. The van der Waals surface area contributed by atoms with E-state index in [4.69, 9.17) is 27.1 Å². The standard InChI is InChI=1S/C25H21ClN4O3S/c1-14-5-3-6-15(2)23(14)21-13-22(33-17-9-10-20(26)19(12-17)24(31)32)29-25(28-21)30-34-18-8-4-7-16(27)11-18/h3-13H,27H2,1-2H3,(H,31,32)(H,28,29,30).